The Morgan fingerprint density at radius 2 is 1.89 bits per heavy atom. The summed E-state index contributed by atoms with van der Waals surface area (Å²) in [5, 5.41) is -0.207. The first-order valence-corrected chi connectivity index (χ1v) is 9.61. The maximum Gasteiger partial charge on any atom is 0.150 e. The first-order chi connectivity index (χ1) is 8.88. The minimum Gasteiger partial charge on any atom is -0.324 e. The first kappa shape index (κ1) is 15.3. The quantitative estimate of drug-likeness (QED) is 0.804. The highest BCUT2D eigenvalue weighted by molar-refractivity contribution is 14.1. The van der Waals surface area contributed by atoms with Crippen LogP contribution >= 0.6 is 22.6 Å². The van der Waals surface area contributed by atoms with Crippen molar-refractivity contribution < 1.29 is 8.42 Å². The number of halogens is 1. The molecule has 0 saturated heterocycles. The van der Waals surface area contributed by atoms with E-state index in [2.05, 4.69) is 34.7 Å². The monoisotopic (exact) mass is 393 g/mol. The second-order valence-electron chi connectivity index (χ2n) is 5.46. The molecule has 0 aromatic heterocycles. The Balaban J connectivity index is 2.11. The van der Waals surface area contributed by atoms with Crippen molar-refractivity contribution in [3.05, 3.63) is 33.4 Å². The molecule has 19 heavy (non-hydrogen) atoms. The fourth-order valence-corrected chi connectivity index (χ4v) is 4.40. The molecule has 1 aromatic rings. The largest absolute Gasteiger partial charge is 0.324 e. The smallest absolute Gasteiger partial charge is 0.150 e. The highest BCUT2D eigenvalue weighted by Crippen LogP contribution is 2.35. The van der Waals surface area contributed by atoms with Crippen LogP contribution in [0.4, 0.5) is 0 Å². The van der Waals surface area contributed by atoms with E-state index in [4.69, 9.17) is 5.73 Å². The summed E-state index contributed by atoms with van der Waals surface area (Å²) in [4.78, 5) is 0. The average Bonchev–Trinajstić information content (AvgIpc) is 2.38. The van der Waals surface area contributed by atoms with Gasteiger partial charge in [0.05, 0.1) is 5.25 Å². The number of benzene rings is 1. The zero-order chi connectivity index (χ0) is 14.0. The SMILES string of the molecule is CS(=O)(=O)C1CCCC(C(N)c2ccc(I)cc2)C1. The zero-order valence-electron chi connectivity index (χ0n) is 11.0. The van der Waals surface area contributed by atoms with E-state index in [0.29, 0.717) is 6.42 Å². The molecule has 1 aromatic carbocycles. The van der Waals surface area contributed by atoms with Gasteiger partial charge in [-0.2, -0.15) is 0 Å². The minimum absolute atomic E-state index is 0.0541. The lowest BCUT2D eigenvalue weighted by Gasteiger charge is -2.32. The maximum absolute atomic E-state index is 11.7. The van der Waals surface area contributed by atoms with Crippen LogP contribution in [0, 0.1) is 9.49 Å². The summed E-state index contributed by atoms with van der Waals surface area (Å²) >= 11 is 2.27. The fourth-order valence-electron chi connectivity index (χ4n) is 2.85. The predicted octanol–water partition coefficient (Wildman–Crippen LogP) is 2.89. The molecule has 2 N–H and O–H groups in total. The van der Waals surface area contributed by atoms with E-state index in [-0.39, 0.29) is 17.2 Å². The highest BCUT2D eigenvalue weighted by Gasteiger charge is 2.32. The molecule has 1 aliphatic rings. The molecule has 1 aliphatic carbocycles. The topological polar surface area (TPSA) is 60.2 Å². The average molecular weight is 393 g/mol. The van der Waals surface area contributed by atoms with Crippen molar-refractivity contribution in [1.29, 1.82) is 0 Å². The molecular formula is C14H20INO2S. The fraction of sp³-hybridized carbons (Fsp3) is 0.571. The van der Waals surface area contributed by atoms with Gasteiger partial charge in [-0.3, -0.25) is 0 Å². The third kappa shape index (κ3) is 3.92. The lowest BCUT2D eigenvalue weighted by atomic mass is 9.81. The second kappa shape index (κ2) is 6.10. The molecule has 1 saturated carbocycles. The van der Waals surface area contributed by atoms with Gasteiger partial charge < -0.3 is 5.73 Å². The minimum atomic E-state index is -2.94. The van der Waals surface area contributed by atoms with Gasteiger partial charge in [0.1, 0.15) is 9.84 Å². The van der Waals surface area contributed by atoms with E-state index in [1.807, 2.05) is 12.1 Å². The zero-order valence-corrected chi connectivity index (χ0v) is 14.0. The van der Waals surface area contributed by atoms with Crippen molar-refractivity contribution in [2.24, 2.45) is 11.7 Å². The predicted molar refractivity (Wildman–Crippen MR) is 86.7 cm³/mol. The lowest BCUT2D eigenvalue weighted by Crippen LogP contribution is -2.32. The molecular weight excluding hydrogens is 373 g/mol. The molecule has 106 valence electrons. The van der Waals surface area contributed by atoms with Gasteiger partial charge >= 0.3 is 0 Å². The van der Waals surface area contributed by atoms with Crippen molar-refractivity contribution in [1.82, 2.24) is 0 Å². The van der Waals surface area contributed by atoms with Crippen molar-refractivity contribution in [2.75, 3.05) is 6.26 Å². The van der Waals surface area contributed by atoms with Crippen LogP contribution in [0.15, 0.2) is 24.3 Å². The third-order valence-corrected chi connectivity index (χ3v) is 6.39. The summed E-state index contributed by atoms with van der Waals surface area (Å²) in [5.74, 6) is 0.272. The Labute approximate surface area is 129 Å². The summed E-state index contributed by atoms with van der Waals surface area (Å²) in [6, 6.07) is 8.15. The molecule has 3 atom stereocenters. The number of sulfone groups is 1. The van der Waals surface area contributed by atoms with Crippen LogP contribution in [-0.2, 0) is 9.84 Å². The van der Waals surface area contributed by atoms with Gasteiger partial charge in [0.15, 0.2) is 0 Å². The number of hydrogen-bond acceptors (Lipinski definition) is 3. The van der Waals surface area contributed by atoms with E-state index < -0.39 is 9.84 Å². The Morgan fingerprint density at radius 1 is 1.26 bits per heavy atom. The standard InChI is InChI=1S/C14H20INO2S/c1-19(17,18)13-4-2-3-11(9-13)14(16)10-5-7-12(15)8-6-10/h5-8,11,13-14H,2-4,9,16H2,1H3. The first-order valence-electron chi connectivity index (χ1n) is 6.58. The molecule has 0 aliphatic heterocycles. The third-order valence-electron chi connectivity index (χ3n) is 4.03. The lowest BCUT2D eigenvalue weighted by molar-refractivity contribution is 0.309. The van der Waals surface area contributed by atoms with Crippen LogP contribution in [0.25, 0.3) is 0 Å². The second-order valence-corrected chi connectivity index (χ2v) is 9.03. The van der Waals surface area contributed by atoms with Crippen LogP contribution in [-0.4, -0.2) is 19.9 Å². The van der Waals surface area contributed by atoms with E-state index in [1.165, 1.54) is 9.83 Å². The van der Waals surface area contributed by atoms with Crippen molar-refractivity contribution in [3.8, 4) is 0 Å². The van der Waals surface area contributed by atoms with Crippen molar-refractivity contribution >= 4 is 32.4 Å². The Hall–Kier alpha value is -0.140. The van der Waals surface area contributed by atoms with Crippen LogP contribution in [0.1, 0.15) is 37.3 Å². The molecule has 0 bridgehead atoms. The normalized spacial score (nSPS) is 26.1. The maximum atomic E-state index is 11.7. The Morgan fingerprint density at radius 3 is 2.47 bits per heavy atom. The van der Waals surface area contributed by atoms with Crippen molar-refractivity contribution in [2.45, 2.75) is 37.0 Å². The van der Waals surface area contributed by atoms with Gasteiger partial charge in [-0.15, -0.1) is 0 Å². The van der Waals surface area contributed by atoms with Crippen molar-refractivity contribution in [3.63, 3.8) is 0 Å². The molecule has 0 radical (unpaired) electrons. The van der Waals surface area contributed by atoms with E-state index >= 15 is 0 Å². The van der Waals surface area contributed by atoms with Crippen LogP contribution in [0.2, 0.25) is 0 Å². The summed E-state index contributed by atoms with van der Waals surface area (Å²) in [7, 11) is -2.94. The van der Waals surface area contributed by atoms with Gasteiger partial charge in [0.25, 0.3) is 0 Å². The highest BCUT2D eigenvalue weighted by atomic mass is 127. The van der Waals surface area contributed by atoms with Gasteiger partial charge in [-0.1, -0.05) is 18.6 Å². The van der Waals surface area contributed by atoms with Gasteiger partial charge in [0, 0.05) is 15.9 Å². The summed E-state index contributed by atoms with van der Waals surface area (Å²) in [6.45, 7) is 0. The Bertz CT molecular complexity index is 527. The van der Waals surface area contributed by atoms with Gasteiger partial charge in [-0.05, 0) is 65.5 Å². The molecule has 1 fully saturated rings. The van der Waals surface area contributed by atoms with Crippen LogP contribution in [0.3, 0.4) is 0 Å². The summed E-state index contributed by atoms with van der Waals surface area (Å²) in [6.07, 6.45) is 4.82. The number of rotatable bonds is 3. The van der Waals surface area contributed by atoms with E-state index in [0.717, 1.165) is 24.8 Å². The molecule has 0 spiro atoms. The number of nitrogens with two attached hydrogens (primary N) is 1. The van der Waals surface area contributed by atoms with Crippen LogP contribution in [0.5, 0.6) is 0 Å². The van der Waals surface area contributed by atoms with E-state index in [9.17, 15) is 8.42 Å². The molecule has 0 amide bonds. The Kier molecular flexibility index (Phi) is 4.89. The molecule has 3 unspecified atom stereocenters. The summed E-state index contributed by atoms with van der Waals surface area (Å²) < 4.78 is 24.6. The molecule has 5 heteroatoms. The summed E-state index contributed by atoms with van der Waals surface area (Å²) in [5.41, 5.74) is 7.44. The van der Waals surface area contributed by atoms with Gasteiger partial charge in [-0.25, -0.2) is 8.42 Å². The van der Waals surface area contributed by atoms with E-state index in [1.54, 1.807) is 0 Å². The van der Waals surface area contributed by atoms with Gasteiger partial charge in [0.2, 0.25) is 0 Å². The number of hydrogen-bond donors (Lipinski definition) is 1. The molecule has 0 heterocycles. The molecule has 2 rings (SSSR count). The molecule has 3 nitrogen and oxygen atoms in total. The van der Waals surface area contributed by atoms with Crippen LogP contribution < -0.4 is 5.73 Å².